The van der Waals surface area contributed by atoms with Gasteiger partial charge in [-0.3, -0.25) is 4.79 Å². The Balaban J connectivity index is 3.35. The number of quaternary nitrogens is 2. The van der Waals surface area contributed by atoms with Crippen molar-refractivity contribution in [1.82, 2.24) is 0 Å². The second-order valence-electron chi connectivity index (χ2n) is 4.95. The van der Waals surface area contributed by atoms with E-state index in [1.807, 2.05) is 0 Å². The van der Waals surface area contributed by atoms with Crippen molar-refractivity contribution in [3.8, 4) is 0 Å². The van der Waals surface area contributed by atoms with Crippen molar-refractivity contribution in [3.05, 3.63) is 28.6 Å². The summed E-state index contributed by atoms with van der Waals surface area (Å²) < 4.78 is 76.8. The molecule has 0 aliphatic carbocycles. The van der Waals surface area contributed by atoms with Crippen molar-refractivity contribution in [2.45, 2.75) is 19.3 Å². The summed E-state index contributed by atoms with van der Waals surface area (Å²) in [5, 5.41) is 37.2. The monoisotopic (exact) mass is 379 g/mol. The zero-order chi connectivity index (χ0) is 19.8. The van der Waals surface area contributed by atoms with Crippen LogP contribution in [0.5, 0.6) is 0 Å². The maximum absolute atomic E-state index is 12.8. The number of nitrogens with one attached hydrogen (secondary N) is 3. The van der Waals surface area contributed by atoms with E-state index in [1.165, 1.54) is 5.32 Å². The summed E-state index contributed by atoms with van der Waals surface area (Å²) in [5.74, 6) is -2.56. The molecule has 0 aromatic heterocycles. The molecule has 0 aliphatic rings. The molecule has 0 fully saturated rings. The second-order valence-corrected chi connectivity index (χ2v) is 4.95. The standard InChI is InChI=1S/C11H11F6N3O5/c1-9(10(12,13)14,11(15,16)17)8(21)18-6-3-2-5(19(22)23)4-7(6)20(24)25/h2-4,19-20,22,24H,1H3,(H,18,21). The Morgan fingerprint density at radius 1 is 1.04 bits per heavy atom. The molecule has 0 saturated carbocycles. The van der Waals surface area contributed by atoms with Gasteiger partial charge in [0, 0.05) is 6.07 Å². The van der Waals surface area contributed by atoms with Crippen LogP contribution in [0.3, 0.4) is 0 Å². The molecule has 8 nitrogen and oxygen atoms in total. The van der Waals surface area contributed by atoms with Gasteiger partial charge in [0.05, 0.1) is 6.07 Å². The van der Waals surface area contributed by atoms with Gasteiger partial charge in [-0.15, -0.1) is 0 Å². The Kier molecular flexibility index (Phi) is 5.68. The summed E-state index contributed by atoms with van der Waals surface area (Å²) in [6, 6.07) is 1.78. The first-order valence-electron chi connectivity index (χ1n) is 6.18. The largest absolute Gasteiger partial charge is 0.595 e. The molecule has 0 spiro atoms. The number of anilines is 1. The number of amides is 1. The van der Waals surface area contributed by atoms with Crippen LogP contribution >= 0.6 is 0 Å². The summed E-state index contributed by atoms with van der Waals surface area (Å²) >= 11 is 0. The molecule has 2 atom stereocenters. The molecular weight excluding hydrogens is 368 g/mol. The van der Waals surface area contributed by atoms with Gasteiger partial charge in [-0.2, -0.15) is 36.8 Å². The normalized spacial score (nSPS) is 15.6. The van der Waals surface area contributed by atoms with Gasteiger partial charge in [-0.05, 0) is 13.0 Å². The van der Waals surface area contributed by atoms with E-state index in [4.69, 9.17) is 10.4 Å². The van der Waals surface area contributed by atoms with Crippen molar-refractivity contribution >= 4 is 23.0 Å². The lowest BCUT2D eigenvalue weighted by molar-refractivity contribution is -0.996. The quantitative estimate of drug-likeness (QED) is 0.386. The second kappa shape index (κ2) is 6.74. The van der Waals surface area contributed by atoms with Crippen LogP contribution in [0.15, 0.2) is 18.2 Å². The van der Waals surface area contributed by atoms with E-state index in [9.17, 15) is 41.6 Å². The van der Waals surface area contributed by atoms with Gasteiger partial charge in [0.15, 0.2) is 11.4 Å². The maximum Gasteiger partial charge on any atom is 0.411 e. The molecule has 1 aromatic rings. The van der Waals surface area contributed by atoms with E-state index in [2.05, 4.69) is 0 Å². The SMILES string of the molecule is CC(C(=O)Nc1ccc([NH+]([O-])O)cc1[NH+]([O-])O)(C(F)(F)F)C(F)(F)F. The van der Waals surface area contributed by atoms with Gasteiger partial charge in [0.25, 0.3) is 0 Å². The Morgan fingerprint density at radius 3 is 1.88 bits per heavy atom. The predicted molar refractivity (Wildman–Crippen MR) is 66.8 cm³/mol. The summed E-state index contributed by atoms with van der Waals surface area (Å²) in [4.78, 5) is 11.7. The van der Waals surface area contributed by atoms with Gasteiger partial charge >= 0.3 is 12.4 Å². The number of hydrogen-bond donors (Lipinski definition) is 5. The molecule has 0 saturated heterocycles. The van der Waals surface area contributed by atoms with Gasteiger partial charge in [-0.1, -0.05) is 0 Å². The average Bonchev–Trinajstić information content (AvgIpc) is 2.43. The molecule has 5 N–H and O–H groups in total. The van der Waals surface area contributed by atoms with Crippen LogP contribution in [-0.2, 0) is 4.79 Å². The van der Waals surface area contributed by atoms with E-state index >= 15 is 0 Å². The van der Waals surface area contributed by atoms with Gasteiger partial charge in [-0.25, -0.2) is 10.4 Å². The van der Waals surface area contributed by atoms with Crippen molar-refractivity contribution < 1.29 is 52.0 Å². The Hall–Kier alpha value is -1.97. The van der Waals surface area contributed by atoms with Gasteiger partial charge < -0.3 is 15.7 Å². The molecule has 0 aliphatic heterocycles. The predicted octanol–water partition coefficient (Wildman–Crippen LogP) is 0.563. The highest BCUT2D eigenvalue weighted by atomic mass is 19.4. The Bertz CT molecular complexity index is 632. The third-order valence-corrected chi connectivity index (χ3v) is 3.33. The number of halogens is 6. The lowest BCUT2D eigenvalue weighted by Gasteiger charge is -2.32. The molecule has 1 aromatic carbocycles. The summed E-state index contributed by atoms with van der Waals surface area (Å²) in [7, 11) is 0. The first-order chi connectivity index (χ1) is 11.1. The van der Waals surface area contributed by atoms with Gasteiger partial charge in [0.1, 0.15) is 5.69 Å². The highest BCUT2D eigenvalue weighted by Crippen LogP contribution is 2.50. The van der Waals surface area contributed by atoms with Crippen LogP contribution in [0.4, 0.5) is 43.4 Å². The number of hydrogen-bond acceptors (Lipinski definition) is 5. The van der Waals surface area contributed by atoms with Crippen molar-refractivity contribution in [3.63, 3.8) is 0 Å². The molecule has 1 amide bonds. The van der Waals surface area contributed by atoms with Crippen LogP contribution in [0, 0.1) is 15.8 Å². The van der Waals surface area contributed by atoms with E-state index in [0.29, 0.717) is 18.2 Å². The van der Waals surface area contributed by atoms with Crippen molar-refractivity contribution in [2.75, 3.05) is 5.32 Å². The highest BCUT2D eigenvalue weighted by Gasteiger charge is 2.72. The topological polar surface area (TPSA) is 125 Å². The summed E-state index contributed by atoms with van der Waals surface area (Å²) in [5.41, 5.74) is -7.30. The first-order valence-corrected chi connectivity index (χ1v) is 6.18. The lowest BCUT2D eigenvalue weighted by atomic mass is 9.87. The fourth-order valence-corrected chi connectivity index (χ4v) is 1.63. The molecule has 1 rings (SSSR count). The van der Waals surface area contributed by atoms with E-state index in [1.54, 1.807) is 0 Å². The third-order valence-electron chi connectivity index (χ3n) is 3.33. The van der Waals surface area contributed by atoms with Crippen LogP contribution in [0.1, 0.15) is 6.92 Å². The van der Waals surface area contributed by atoms with Crippen molar-refractivity contribution in [1.29, 1.82) is 0 Å². The van der Waals surface area contributed by atoms with E-state index < -0.39 is 58.1 Å². The minimum Gasteiger partial charge on any atom is -0.595 e. The fraction of sp³-hybridized carbons (Fsp3) is 0.364. The molecule has 2 unspecified atom stereocenters. The molecular formula is C11H11F6N3O5. The van der Waals surface area contributed by atoms with Gasteiger partial charge in [0.2, 0.25) is 11.3 Å². The van der Waals surface area contributed by atoms with Crippen LogP contribution in [0.2, 0.25) is 0 Å². The lowest BCUT2D eigenvalue weighted by Crippen LogP contribution is -3.00. The Morgan fingerprint density at radius 2 is 1.52 bits per heavy atom. The van der Waals surface area contributed by atoms with E-state index in [0.717, 1.165) is 0 Å². The van der Waals surface area contributed by atoms with E-state index in [-0.39, 0.29) is 0 Å². The minimum atomic E-state index is -6.01. The number of benzene rings is 1. The van der Waals surface area contributed by atoms with Crippen molar-refractivity contribution in [2.24, 2.45) is 5.41 Å². The molecule has 25 heavy (non-hydrogen) atoms. The zero-order valence-electron chi connectivity index (χ0n) is 12.1. The zero-order valence-corrected chi connectivity index (χ0v) is 12.1. The molecule has 0 radical (unpaired) electrons. The molecule has 14 heteroatoms. The minimum absolute atomic E-state index is 0.394. The van der Waals surface area contributed by atoms with Crippen LogP contribution in [-0.4, -0.2) is 28.7 Å². The average molecular weight is 379 g/mol. The molecule has 142 valence electrons. The Labute approximate surface area is 134 Å². The fourth-order valence-electron chi connectivity index (χ4n) is 1.63. The third kappa shape index (κ3) is 4.00. The molecule has 0 bridgehead atoms. The van der Waals surface area contributed by atoms with Crippen LogP contribution in [0.25, 0.3) is 0 Å². The number of carbonyl (C=O) groups excluding carboxylic acids is 1. The highest BCUT2D eigenvalue weighted by molar-refractivity contribution is 5.98. The summed E-state index contributed by atoms with van der Waals surface area (Å²) in [6.07, 6.45) is -12.0. The van der Waals surface area contributed by atoms with Crippen LogP contribution < -0.4 is 15.8 Å². The summed E-state index contributed by atoms with van der Waals surface area (Å²) in [6.45, 7) is -0.394. The molecule has 0 heterocycles. The number of alkyl halides is 6. The number of carbonyl (C=O) groups is 1. The smallest absolute Gasteiger partial charge is 0.411 e. The maximum atomic E-state index is 12.8. The number of rotatable bonds is 4. The first kappa shape index (κ1) is 21.1.